The van der Waals surface area contributed by atoms with Gasteiger partial charge >= 0.3 is 29.8 Å². The number of carbonyl (C=O) groups is 5. The summed E-state index contributed by atoms with van der Waals surface area (Å²) < 4.78 is 36.8. The van der Waals surface area contributed by atoms with E-state index in [1.165, 1.54) is 34.6 Å². The van der Waals surface area contributed by atoms with Crippen molar-refractivity contribution in [1.82, 2.24) is 0 Å². The van der Waals surface area contributed by atoms with Crippen LogP contribution in [0.4, 0.5) is 0 Å². The maximum absolute atomic E-state index is 11.2. The minimum absolute atomic E-state index is 0.0444. The van der Waals surface area contributed by atoms with Crippen molar-refractivity contribution < 1.29 is 57.1 Å². The molecule has 0 aromatic heterocycles. The van der Waals surface area contributed by atoms with Gasteiger partial charge in [-0.25, -0.2) is 0 Å². The van der Waals surface area contributed by atoms with E-state index in [0.29, 0.717) is 0 Å². The molecule has 0 aromatic rings. The molecule has 0 aromatic carbocycles. The average molecular weight is 597 g/mol. The second-order valence-corrected chi connectivity index (χ2v) is 9.93. The fourth-order valence-corrected chi connectivity index (χ4v) is 4.62. The van der Waals surface area contributed by atoms with Crippen molar-refractivity contribution in [3.05, 3.63) is 0 Å². The zero-order valence-corrected chi connectivity index (χ0v) is 24.1. The fraction of sp³-hybridized carbons (Fsp3) is 0.792. The summed E-state index contributed by atoms with van der Waals surface area (Å²) in [6.45, 7) is 13.7. The molecule has 0 aliphatic carbocycles. The average Bonchev–Trinajstić information content (AvgIpc) is 2.74. The third-order valence-electron chi connectivity index (χ3n) is 5.88. The number of alkyl halides is 1. The first-order chi connectivity index (χ1) is 17.0. The summed E-state index contributed by atoms with van der Waals surface area (Å²) in [6.07, 6.45) is -4.33. The number of rotatable bonds is 5. The Morgan fingerprint density at radius 2 is 0.838 bits per heavy atom. The van der Waals surface area contributed by atoms with Crippen molar-refractivity contribution in [1.29, 1.82) is 0 Å². The van der Waals surface area contributed by atoms with Crippen LogP contribution in [0.15, 0.2) is 0 Å². The van der Waals surface area contributed by atoms with Crippen LogP contribution in [0, 0.1) is 11.8 Å². The van der Waals surface area contributed by atoms with Gasteiger partial charge in [0.1, 0.15) is 12.2 Å². The second-order valence-electron chi connectivity index (χ2n) is 9.03. The first-order valence-electron chi connectivity index (χ1n) is 11.9. The molecule has 0 bridgehead atoms. The molecule has 0 spiro atoms. The van der Waals surface area contributed by atoms with Crippen molar-refractivity contribution in [2.75, 3.05) is 0 Å². The van der Waals surface area contributed by atoms with Crippen LogP contribution in [0.3, 0.4) is 0 Å². The van der Waals surface area contributed by atoms with Gasteiger partial charge in [0.2, 0.25) is 12.4 Å². The SMILES string of the molecule is CC(=O)OC1[C@H](C)C(C)O[C@@H](Br)[C@H]1OC(C)=O.CC(=O)OC1[C@H](C)C(C)O[C@@H](OC(C)=O)[C@H]1OC(C)=O. The molecular formula is C24H37BrO12. The number of carbonyl (C=O) groups excluding carboxylic acids is 5. The Bertz CT molecular complexity index is 833. The van der Waals surface area contributed by atoms with E-state index >= 15 is 0 Å². The van der Waals surface area contributed by atoms with Crippen LogP contribution in [0.2, 0.25) is 0 Å². The standard InChI is InChI=1S/C13H20O7.C11H17BrO5/c1-6-7(2)17-13(20-10(5)16)12(19-9(4)15)11(6)18-8(3)14;1-5-6(2)15-11(12)10(17-8(4)14)9(5)16-7(3)13/h6-7,11-13H,1-5H3;5-6,9-11H,1-4H3/t6-,7?,11?,12+,13+;5-,6?,9?,10+,11-/m11/s1. The Balaban J connectivity index is 0.000000375. The molecule has 2 aliphatic heterocycles. The van der Waals surface area contributed by atoms with E-state index in [4.69, 9.17) is 33.2 Å². The molecule has 0 saturated carbocycles. The normalized spacial score (nSPS) is 35.1. The molecule has 2 aliphatic rings. The predicted molar refractivity (Wildman–Crippen MR) is 130 cm³/mol. The van der Waals surface area contributed by atoms with Gasteiger partial charge in [0.15, 0.2) is 11.1 Å². The number of halogens is 1. The van der Waals surface area contributed by atoms with E-state index in [1.54, 1.807) is 13.8 Å². The van der Waals surface area contributed by atoms with Crippen molar-refractivity contribution in [3.63, 3.8) is 0 Å². The van der Waals surface area contributed by atoms with E-state index in [1.807, 2.05) is 13.8 Å². The third kappa shape index (κ3) is 10.2. The molecule has 0 radical (unpaired) electrons. The number of hydrogen-bond acceptors (Lipinski definition) is 12. The first kappa shape index (κ1) is 32.8. The molecule has 2 fully saturated rings. The lowest BCUT2D eigenvalue weighted by atomic mass is 9.91. The lowest BCUT2D eigenvalue weighted by molar-refractivity contribution is -0.278. The molecule has 0 amide bonds. The molecule has 37 heavy (non-hydrogen) atoms. The molecule has 2 rings (SSSR count). The van der Waals surface area contributed by atoms with Crippen LogP contribution in [0.5, 0.6) is 0 Å². The minimum atomic E-state index is -1.09. The first-order valence-corrected chi connectivity index (χ1v) is 12.8. The molecule has 4 unspecified atom stereocenters. The summed E-state index contributed by atoms with van der Waals surface area (Å²) in [7, 11) is 0. The highest BCUT2D eigenvalue weighted by Crippen LogP contribution is 2.33. The largest absolute Gasteiger partial charge is 0.458 e. The monoisotopic (exact) mass is 596 g/mol. The van der Waals surface area contributed by atoms with Crippen LogP contribution < -0.4 is 0 Å². The summed E-state index contributed by atoms with van der Waals surface area (Å²) in [6, 6.07) is 0. The Morgan fingerprint density at radius 3 is 1.24 bits per heavy atom. The van der Waals surface area contributed by atoms with Gasteiger partial charge in [-0.3, -0.25) is 24.0 Å². The molecule has 13 heteroatoms. The lowest BCUT2D eigenvalue weighted by Crippen LogP contribution is -2.56. The zero-order valence-electron chi connectivity index (χ0n) is 22.6. The van der Waals surface area contributed by atoms with Gasteiger partial charge in [-0.05, 0) is 13.8 Å². The summed E-state index contributed by atoms with van der Waals surface area (Å²) in [5.41, 5.74) is 0. The predicted octanol–water partition coefficient (Wildman–Crippen LogP) is 2.42. The maximum atomic E-state index is 11.2. The van der Waals surface area contributed by atoms with E-state index in [2.05, 4.69) is 15.9 Å². The Morgan fingerprint density at radius 1 is 0.514 bits per heavy atom. The summed E-state index contributed by atoms with van der Waals surface area (Å²) in [4.78, 5) is 55.6. The molecule has 12 nitrogen and oxygen atoms in total. The van der Waals surface area contributed by atoms with Crippen LogP contribution in [-0.4, -0.2) is 77.8 Å². The van der Waals surface area contributed by atoms with Crippen LogP contribution in [-0.2, 0) is 57.1 Å². The summed E-state index contributed by atoms with van der Waals surface area (Å²) in [5, 5.41) is -0.470. The fourth-order valence-electron chi connectivity index (χ4n) is 3.87. The summed E-state index contributed by atoms with van der Waals surface area (Å²) >= 11 is 3.29. The number of esters is 5. The molecular weight excluding hydrogens is 560 g/mol. The van der Waals surface area contributed by atoms with Gasteiger partial charge in [-0.15, -0.1) is 0 Å². The molecule has 2 saturated heterocycles. The Hall–Kier alpha value is -2.25. The summed E-state index contributed by atoms with van der Waals surface area (Å²) in [5.74, 6) is -2.73. The Labute approximate surface area is 225 Å². The highest BCUT2D eigenvalue weighted by atomic mass is 79.9. The van der Waals surface area contributed by atoms with Gasteiger partial charge in [-0.2, -0.15) is 0 Å². The van der Waals surface area contributed by atoms with Crippen molar-refractivity contribution in [2.45, 2.75) is 110 Å². The maximum Gasteiger partial charge on any atom is 0.305 e. The Kier molecular flexibility index (Phi) is 13.0. The number of ether oxygens (including phenoxy) is 7. The quantitative estimate of drug-likeness (QED) is 0.260. The van der Waals surface area contributed by atoms with Gasteiger partial charge in [0.05, 0.1) is 12.2 Å². The van der Waals surface area contributed by atoms with E-state index in [0.717, 1.165) is 0 Å². The van der Waals surface area contributed by atoms with Crippen molar-refractivity contribution in [2.24, 2.45) is 11.8 Å². The molecule has 10 atom stereocenters. The highest BCUT2D eigenvalue weighted by Gasteiger charge is 2.48. The zero-order chi connectivity index (χ0) is 28.6. The molecule has 0 N–H and O–H groups in total. The van der Waals surface area contributed by atoms with E-state index < -0.39 is 65.6 Å². The number of hydrogen-bond donors (Lipinski definition) is 0. The van der Waals surface area contributed by atoms with Crippen molar-refractivity contribution in [3.8, 4) is 0 Å². The second kappa shape index (κ2) is 14.6. The minimum Gasteiger partial charge on any atom is -0.458 e. The smallest absolute Gasteiger partial charge is 0.305 e. The molecule has 2 heterocycles. The van der Waals surface area contributed by atoms with Crippen molar-refractivity contribution >= 4 is 45.8 Å². The van der Waals surface area contributed by atoms with Gasteiger partial charge in [0.25, 0.3) is 0 Å². The van der Waals surface area contributed by atoms with Gasteiger partial charge in [-0.1, -0.05) is 29.8 Å². The van der Waals surface area contributed by atoms with Crippen LogP contribution in [0.1, 0.15) is 62.3 Å². The van der Waals surface area contributed by atoms with Gasteiger partial charge in [0, 0.05) is 46.5 Å². The lowest BCUT2D eigenvalue weighted by Gasteiger charge is -2.42. The van der Waals surface area contributed by atoms with Crippen LogP contribution in [0.25, 0.3) is 0 Å². The topological polar surface area (TPSA) is 150 Å². The third-order valence-corrected chi connectivity index (χ3v) is 6.61. The van der Waals surface area contributed by atoms with Crippen LogP contribution >= 0.6 is 15.9 Å². The van der Waals surface area contributed by atoms with E-state index in [9.17, 15) is 24.0 Å². The van der Waals surface area contributed by atoms with E-state index in [-0.39, 0.29) is 24.0 Å². The highest BCUT2D eigenvalue weighted by molar-refractivity contribution is 9.09. The molecule has 212 valence electrons. The van der Waals surface area contributed by atoms with Gasteiger partial charge < -0.3 is 33.2 Å².